The Morgan fingerprint density at radius 2 is 1.85 bits per heavy atom. The third-order valence-electron chi connectivity index (χ3n) is 6.66. The predicted molar refractivity (Wildman–Crippen MR) is 104 cm³/mol. The van der Waals surface area contributed by atoms with Crippen molar-refractivity contribution in [2.75, 3.05) is 25.0 Å². The lowest BCUT2D eigenvalue weighted by atomic mass is 9.99. The second-order valence-electron chi connectivity index (χ2n) is 8.43. The molecule has 4 heterocycles. The normalized spacial score (nSPS) is 25.2. The molecule has 0 spiro atoms. The van der Waals surface area contributed by atoms with Crippen molar-refractivity contribution in [3.05, 3.63) is 23.4 Å². The van der Waals surface area contributed by atoms with Crippen molar-refractivity contribution in [1.29, 1.82) is 0 Å². The van der Waals surface area contributed by atoms with Crippen molar-refractivity contribution in [2.45, 2.75) is 71.1 Å². The topological polar surface area (TPSA) is 39.7 Å². The first kappa shape index (κ1) is 17.8. The number of likely N-dealkylation sites (N-methyl/N-ethyl adjacent to an activating group) is 1. The number of fused-ring (bicyclic) bond motifs is 3. The Morgan fingerprint density at radius 3 is 2.50 bits per heavy atom. The molecule has 1 aromatic rings. The lowest BCUT2D eigenvalue weighted by Gasteiger charge is -2.40. The summed E-state index contributed by atoms with van der Waals surface area (Å²) >= 11 is 0. The summed E-state index contributed by atoms with van der Waals surface area (Å²) in [6.45, 7) is 8.05. The lowest BCUT2D eigenvalue weighted by molar-refractivity contribution is -0.132. The maximum absolute atomic E-state index is 12.7. The molecule has 1 amide bonds. The smallest absolute Gasteiger partial charge is 0.223 e. The molecular formula is C21H32N4O. The fourth-order valence-corrected chi connectivity index (χ4v) is 5.00. The van der Waals surface area contributed by atoms with E-state index in [1.807, 2.05) is 4.90 Å². The van der Waals surface area contributed by atoms with Gasteiger partial charge in [0, 0.05) is 38.1 Å². The van der Waals surface area contributed by atoms with E-state index in [0.29, 0.717) is 31.0 Å². The van der Waals surface area contributed by atoms with Gasteiger partial charge >= 0.3 is 0 Å². The highest BCUT2D eigenvalue weighted by atomic mass is 16.2. The largest absolute Gasteiger partial charge is 0.348 e. The van der Waals surface area contributed by atoms with Gasteiger partial charge < -0.3 is 14.7 Å². The summed E-state index contributed by atoms with van der Waals surface area (Å²) in [5.74, 6) is 1.92. The molecule has 1 aromatic heterocycles. The summed E-state index contributed by atoms with van der Waals surface area (Å²) in [4.78, 5) is 24.7. The number of rotatable bonds is 5. The van der Waals surface area contributed by atoms with E-state index in [9.17, 15) is 4.79 Å². The van der Waals surface area contributed by atoms with Crippen LogP contribution in [0.4, 0.5) is 5.82 Å². The Kier molecular flexibility index (Phi) is 4.91. The minimum absolute atomic E-state index is 0.290. The van der Waals surface area contributed by atoms with Crippen molar-refractivity contribution >= 4 is 11.7 Å². The highest BCUT2D eigenvalue weighted by Gasteiger charge is 2.39. The van der Waals surface area contributed by atoms with Gasteiger partial charge in [-0.2, -0.15) is 0 Å². The molecule has 0 radical (unpaired) electrons. The van der Waals surface area contributed by atoms with Crippen molar-refractivity contribution in [1.82, 2.24) is 14.8 Å². The van der Waals surface area contributed by atoms with E-state index in [1.165, 1.54) is 18.4 Å². The summed E-state index contributed by atoms with van der Waals surface area (Å²) in [6, 6.07) is 5.58. The van der Waals surface area contributed by atoms with Gasteiger partial charge in [-0.1, -0.05) is 32.8 Å². The number of pyridine rings is 1. The SMILES string of the molecule is CCC(CC)CC(=O)N1Cc2ccc(N3C4CCC3CN(C)C4)nc2C1. The zero-order chi connectivity index (χ0) is 18.3. The molecule has 26 heavy (non-hydrogen) atoms. The lowest BCUT2D eigenvalue weighted by Crippen LogP contribution is -2.52. The molecule has 5 nitrogen and oxygen atoms in total. The summed E-state index contributed by atoms with van der Waals surface area (Å²) in [5, 5.41) is 0. The molecular weight excluding hydrogens is 324 g/mol. The molecule has 4 rings (SSSR count). The van der Waals surface area contributed by atoms with Gasteiger partial charge in [0.15, 0.2) is 0 Å². The van der Waals surface area contributed by atoms with Crippen LogP contribution in [0.25, 0.3) is 0 Å². The first-order valence-corrected chi connectivity index (χ1v) is 10.3. The number of nitrogens with zero attached hydrogens (tertiary/aromatic N) is 4. The number of aromatic nitrogens is 1. The number of hydrogen-bond acceptors (Lipinski definition) is 4. The molecule has 0 N–H and O–H groups in total. The molecule has 2 bridgehead atoms. The van der Waals surface area contributed by atoms with Gasteiger partial charge in [0.1, 0.15) is 5.82 Å². The van der Waals surface area contributed by atoms with E-state index in [0.717, 1.165) is 44.0 Å². The van der Waals surface area contributed by atoms with E-state index in [1.54, 1.807) is 0 Å². The van der Waals surface area contributed by atoms with Crippen LogP contribution in [0.1, 0.15) is 57.2 Å². The van der Waals surface area contributed by atoms with E-state index < -0.39 is 0 Å². The van der Waals surface area contributed by atoms with Crippen LogP contribution in [0, 0.1) is 5.92 Å². The highest BCUT2D eigenvalue weighted by Crippen LogP contribution is 2.35. The van der Waals surface area contributed by atoms with Gasteiger partial charge in [-0.25, -0.2) is 4.98 Å². The Balaban J connectivity index is 1.46. The third kappa shape index (κ3) is 3.22. The highest BCUT2D eigenvalue weighted by molar-refractivity contribution is 5.77. The molecule has 3 aliphatic heterocycles. The fraction of sp³-hybridized carbons (Fsp3) is 0.714. The van der Waals surface area contributed by atoms with Gasteiger partial charge in [0.25, 0.3) is 0 Å². The maximum atomic E-state index is 12.7. The average molecular weight is 357 g/mol. The summed E-state index contributed by atoms with van der Waals surface area (Å²) in [7, 11) is 2.22. The quantitative estimate of drug-likeness (QED) is 0.813. The molecule has 2 fully saturated rings. The van der Waals surface area contributed by atoms with Crippen LogP contribution in [-0.2, 0) is 17.9 Å². The van der Waals surface area contributed by atoms with Crippen LogP contribution in [0.15, 0.2) is 12.1 Å². The zero-order valence-corrected chi connectivity index (χ0v) is 16.4. The molecule has 2 atom stereocenters. The number of carbonyl (C=O) groups is 1. The second kappa shape index (κ2) is 7.18. The van der Waals surface area contributed by atoms with Crippen LogP contribution in [-0.4, -0.2) is 52.9 Å². The van der Waals surface area contributed by atoms with Crippen LogP contribution in [0.2, 0.25) is 0 Å². The zero-order valence-electron chi connectivity index (χ0n) is 16.4. The Bertz CT molecular complexity index is 658. The number of piperazine rings is 1. The van der Waals surface area contributed by atoms with Gasteiger partial charge in [0.2, 0.25) is 5.91 Å². The molecule has 5 heteroatoms. The van der Waals surface area contributed by atoms with E-state index in [2.05, 4.69) is 42.8 Å². The molecule has 0 aromatic carbocycles. The van der Waals surface area contributed by atoms with Crippen molar-refractivity contribution in [2.24, 2.45) is 5.92 Å². The predicted octanol–water partition coefficient (Wildman–Crippen LogP) is 3.03. The number of hydrogen-bond donors (Lipinski definition) is 0. The minimum atomic E-state index is 0.290. The monoisotopic (exact) mass is 356 g/mol. The first-order chi connectivity index (χ1) is 12.6. The molecule has 2 saturated heterocycles. The second-order valence-corrected chi connectivity index (χ2v) is 8.43. The van der Waals surface area contributed by atoms with Crippen LogP contribution in [0.5, 0.6) is 0 Å². The van der Waals surface area contributed by atoms with Gasteiger partial charge in [0.05, 0.1) is 12.2 Å². The minimum Gasteiger partial charge on any atom is -0.348 e. The van der Waals surface area contributed by atoms with Crippen LogP contribution in [0.3, 0.4) is 0 Å². The number of amides is 1. The van der Waals surface area contributed by atoms with E-state index in [4.69, 9.17) is 4.98 Å². The van der Waals surface area contributed by atoms with Crippen LogP contribution < -0.4 is 4.90 Å². The first-order valence-electron chi connectivity index (χ1n) is 10.3. The van der Waals surface area contributed by atoms with Gasteiger partial charge in [-0.3, -0.25) is 4.79 Å². The average Bonchev–Trinajstić information content (AvgIpc) is 3.18. The van der Waals surface area contributed by atoms with E-state index >= 15 is 0 Å². The standard InChI is InChI=1S/C21H32N4O/c1-4-15(5-2)10-21(26)24-11-16-6-9-20(22-19(16)14-24)25-17-7-8-18(25)13-23(3)12-17/h6,9,15,17-18H,4-5,7-8,10-14H2,1-3H3. The molecule has 0 aliphatic carbocycles. The Labute approximate surface area is 157 Å². The molecule has 2 unspecified atom stereocenters. The molecule has 0 saturated carbocycles. The third-order valence-corrected chi connectivity index (χ3v) is 6.66. The van der Waals surface area contributed by atoms with Crippen molar-refractivity contribution in [3.63, 3.8) is 0 Å². The molecule has 3 aliphatic rings. The van der Waals surface area contributed by atoms with Crippen molar-refractivity contribution < 1.29 is 4.79 Å². The number of likely N-dealkylation sites (tertiary alicyclic amines) is 1. The van der Waals surface area contributed by atoms with E-state index in [-0.39, 0.29) is 5.91 Å². The number of anilines is 1. The summed E-state index contributed by atoms with van der Waals surface area (Å²) in [6.07, 6.45) is 5.38. The Morgan fingerprint density at radius 1 is 1.15 bits per heavy atom. The molecule has 142 valence electrons. The van der Waals surface area contributed by atoms with Crippen LogP contribution >= 0.6 is 0 Å². The van der Waals surface area contributed by atoms with Gasteiger partial charge in [-0.05, 0) is 37.4 Å². The van der Waals surface area contributed by atoms with Crippen molar-refractivity contribution in [3.8, 4) is 0 Å². The fourth-order valence-electron chi connectivity index (χ4n) is 5.00. The Hall–Kier alpha value is -1.62. The number of carbonyl (C=O) groups excluding carboxylic acids is 1. The van der Waals surface area contributed by atoms with Gasteiger partial charge in [-0.15, -0.1) is 0 Å². The summed E-state index contributed by atoms with van der Waals surface area (Å²) < 4.78 is 0. The summed E-state index contributed by atoms with van der Waals surface area (Å²) in [5.41, 5.74) is 2.34. The maximum Gasteiger partial charge on any atom is 0.223 e.